The Balaban J connectivity index is 1.64. The van der Waals surface area contributed by atoms with Crippen LogP contribution < -0.4 is 0 Å². The molecule has 0 radical (unpaired) electrons. The second-order valence-electron chi connectivity index (χ2n) is 7.35. The van der Waals surface area contributed by atoms with Crippen LogP contribution in [-0.2, 0) is 17.9 Å². The van der Waals surface area contributed by atoms with Crippen molar-refractivity contribution in [3.63, 3.8) is 0 Å². The molecule has 0 unspecified atom stereocenters. The molecule has 1 aromatic heterocycles. The number of imidazole rings is 1. The lowest BCUT2D eigenvalue weighted by Gasteiger charge is -2.34. The highest BCUT2D eigenvalue weighted by atomic mass is 16.2. The molecule has 3 rings (SSSR count). The molecule has 5 nitrogen and oxygen atoms in total. The van der Waals surface area contributed by atoms with E-state index in [0.29, 0.717) is 5.91 Å². The number of amides is 1. The van der Waals surface area contributed by atoms with Crippen LogP contribution in [0.5, 0.6) is 0 Å². The summed E-state index contributed by atoms with van der Waals surface area (Å²) in [5, 5.41) is 0. The van der Waals surface area contributed by atoms with Crippen LogP contribution in [0.3, 0.4) is 0 Å². The lowest BCUT2D eigenvalue weighted by molar-refractivity contribution is -0.137. The first-order valence-corrected chi connectivity index (χ1v) is 9.44. The van der Waals surface area contributed by atoms with E-state index in [4.69, 9.17) is 4.98 Å². The summed E-state index contributed by atoms with van der Waals surface area (Å²) < 4.78 is 2.30. The van der Waals surface area contributed by atoms with Crippen molar-refractivity contribution in [1.29, 1.82) is 0 Å². The number of benzene rings is 1. The predicted molar refractivity (Wildman–Crippen MR) is 101 cm³/mol. The third-order valence-electron chi connectivity index (χ3n) is 5.47. The van der Waals surface area contributed by atoms with Gasteiger partial charge in [0.05, 0.1) is 17.6 Å². The van der Waals surface area contributed by atoms with Gasteiger partial charge in [0.15, 0.2) is 0 Å². The van der Waals surface area contributed by atoms with Crippen molar-refractivity contribution in [2.45, 2.75) is 52.7 Å². The van der Waals surface area contributed by atoms with Crippen LogP contribution in [0.4, 0.5) is 0 Å². The summed E-state index contributed by atoms with van der Waals surface area (Å²) in [5.74, 6) is 1.61. The number of nitrogens with zero attached hydrogens (tertiary/aromatic N) is 4. The topological polar surface area (TPSA) is 41.4 Å². The number of piperidine rings is 1. The lowest BCUT2D eigenvalue weighted by atomic mass is 9.95. The maximum atomic E-state index is 12.5. The normalized spacial score (nSPS) is 16.7. The molecule has 2 aromatic rings. The van der Waals surface area contributed by atoms with E-state index < -0.39 is 0 Å². The number of aryl methyl sites for hydroxylation is 1. The summed E-state index contributed by atoms with van der Waals surface area (Å²) in [5.41, 5.74) is 2.28. The molecule has 0 atom stereocenters. The second-order valence-corrected chi connectivity index (χ2v) is 7.35. The highest BCUT2D eigenvalue weighted by Gasteiger charge is 2.28. The van der Waals surface area contributed by atoms with E-state index in [9.17, 15) is 4.79 Å². The SMILES string of the molecule is CCn1c(CN2CCC(C(=O)N(C)C(C)C)CC2)nc2ccccc21. The lowest BCUT2D eigenvalue weighted by Crippen LogP contribution is -2.43. The maximum Gasteiger partial charge on any atom is 0.225 e. The fraction of sp³-hybridized carbons (Fsp3) is 0.600. The van der Waals surface area contributed by atoms with Gasteiger partial charge in [0.2, 0.25) is 5.91 Å². The Labute approximate surface area is 150 Å². The number of hydrogen-bond donors (Lipinski definition) is 0. The van der Waals surface area contributed by atoms with Gasteiger partial charge in [-0.05, 0) is 58.8 Å². The number of aromatic nitrogens is 2. The summed E-state index contributed by atoms with van der Waals surface area (Å²) in [6, 6.07) is 8.61. The number of carbonyl (C=O) groups is 1. The molecular formula is C20H30N4O. The standard InChI is InChI=1S/C20H30N4O/c1-5-24-18-9-7-6-8-17(18)21-19(24)14-23-12-10-16(11-13-23)20(25)22(4)15(2)3/h6-9,15-16H,5,10-14H2,1-4H3. The molecule has 5 heteroatoms. The van der Waals surface area contributed by atoms with Crippen molar-refractivity contribution in [2.75, 3.05) is 20.1 Å². The van der Waals surface area contributed by atoms with E-state index in [0.717, 1.165) is 50.4 Å². The van der Waals surface area contributed by atoms with Crippen LogP contribution in [0, 0.1) is 5.92 Å². The molecule has 1 fully saturated rings. The maximum absolute atomic E-state index is 12.5. The number of hydrogen-bond acceptors (Lipinski definition) is 3. The fourth-order valence-electron chi connectivity index (χ4n) is 3.68. The molecule has 25 heavy (non-hydrogen) atoms. The predicted octanol–water partition coefficient (Wildman–Crippen LogP) is 3.14. The molecule has 136 valence electrons. The first-order valence-electron chi connectivity index (χ1n) is 9.44. The van der Waals surface area contributed by atoms with Crippen LogP contribution in [-0.4, -0.2) is 51.4 Å². The largest absolute Gasteiger partial charge is 0.343 e. The minimum Gasteiger partial charge on any atom is -0.343 e. The van der Waals surface area contributed by atoms with Gasteiger partial charge in [-0.1, -0.05) is 12.1 Å². The first kappa shape index (κ1) is 17.9. The van der Waals surface area contributed by atoms with Crippen molar-refractivity contribution < 1.29 is 4.79 Å². The Kier molecular flexibility index (Phi) is 5.42. The third kappa shape index (κ3) is 3.71. The number of likely N-dealkylation sites (tertiary alicyclic amines) is 1. The zero-order chi connectivity index (χ0) is 18.0. The average molecular weight is 342 g/mol. The highest BCUT2D eigenvalue weighted by Crippen LogP contribution is 2.23. The number of rotatable bonds is 5. The van der Waals surface area contributed by atoms with Gasteiger partial charge in [0, 0.05) is 25.6 Å². The molecular weight excluding hydrogens is 312 g/mol. The second kappa shape index (κ2) is 7.56. The minimum absolute atomic E-state index is 0.175. The van der Waals surface area contributed by atoms with Gasteiger partial charge in [-0.25, -0.2) is 4.98 Å². The fourth-order valence-corrected chi connectivity index (χ4v) is 3.68. The summed E-state index contributed by atoms with van der Waals surface area (Å²) >= 11 is 0. The molecule has 1 aliphatic rings. The van der Waals surface area contributed by atoms with Crippen LogP contribution >= 0.6 is 0 Å². The zero-order valence-electron chi connectivity index (χ0n) is 15.9. The Morgan fingerprint density at radius 2 is 1.96 bits per heavy atom. The van der Waals surface area contributed by atoms with Crippen molar-refractivity contribution in [3.8, 4) is 0 Å². The van der Waals surface area contributed by atoms with E-state index in [1.807, 2.05) is 18.0 Å². The first-order chi connectivity index (χ1) is 12.0. The third-order valence-corrected chi connectivity index (χ3v) is 5.47. The van der Waals surface area contributed by atoms with Crippen LogP contribution in [0.1, 0.15) is 39.4 Å². The van der Waals surface area contributed by atoms with Crippen molar-refractivity contribution >= 4 is 16.9 Å². The van der Waals surface area contributed by atoms with Crippen molar-refractivity contribution in [3.05, 3.63) is 30.1 Å². The number of carbonyl (C=O) groups excluding carboxylic acids is 1. The van der Waals surface area contributed by atoms with Crippen LogP contribution in [0.2, 0.25) is 0 Å². The van der Waals surface area contributed by atoms with E-state index in [1.165, 1.54) is 5.52 Å². The number of fused-ring (bicyclic) bond motifs is 1. The molecule has 1 aliphatic heterocycles. The molecule has 2 heterocycles. The number of para-hydroxylation sites is 2. The van der Waals surface area contributed by atoms with Gasteiger partial charge in [-0.2, -0.15) is 0 Å². The van der Waals surface area contributed by atoms with Gasteiger partial charge in [0.1, 0.15) is 5.82 Å². The average Bonchev–Trinajstić information content (AvgIpc) is 2.98. The summed E-state index contributed by atoms with van der Waals surface area (Å²) in [7, 11) is 1.92. The zero-order valence-corrected chi connectivity index (χ0v) is 15.9. The van der Waals surface area contributed by atoms with E-state index in [2.05, 4.69) is 48.4 Å². The molecule has 0 bridgehead atoms. The molecule has 1 amide bonds. The van der Waals surface area contributed by atoms with Gasteiger partial charge in [-0.15, -0.1) is 0 Å². The minimum atomic E-state index is 0.175. The van der Waals surface area contributed by atoms with Gasteiger partial charge in [-0.3, -0.25) is 9.69 Å². The van der Waals surface area contributed by atoms with Crippen molar-refractivity contribution in [2.24, 2.45) is 5.92 Å². The Bertz CT molecular complexity index is 728. The molecule has 1 saturated heterocycles. The smallest absolute Gasteiger partial charge is 0.225 e. The Morgan fingerprint density at radius 1 is 1.28 bits per heavy atom. The molecule has 0 saturated carbocycles. The van der Waals surface area contributed by atoms with Crippen LogP contribution in [0.15, 0.2) is 24.3 Å². The van der Waals surface area contributed by atoms with Crippen LogP contribution in [0.25, 0.3) is 11.0 Å². The highest BCUT2D eigenvalue weighted by molar-refractivity contribution is 5.79. The summed E-state index contributed by atoms with van der Waals surface area (Å²) in [6.07, 6.45) is 1.89. The van der Waals surface area contributed by atoms with E-state index in [1.54, 1.807) is 0 Å². The summed E-state index contributed by atoms with van der Waals surface area (Å²) in [6.45, 7) is 10.0. The van der Waals surface area contributed by atoms with Gasteiger partial charge < -0.3 is 9.47 Å². The Hall–Kier alpha value is -1.88. The molecule has 0 aliphatic carbocycles. The quantitative estimate of drug-likeness (QED) is 0.838. The summed E-state index contributed by atoms with van der Waals surface area (Å²) in [4.78, 5) is 21.7. The van der Waals surface area contributed by atoms with Gasteiger partial charge >= 0.3 is 0 Å². The van der Waals surface area contributed by atoms with E-state index in [-0.39, 0.29) is 12.0 Å². The van der Waals surface area contributed by atoms with Gasteiger partial charge in [0.25, 0.3) is 0 Å². The Morgan fingerprint density at radius 3 is 2.60 bits per heavy atom. The van der Waals surface area contributed by atoms with E-state index >= 15 is 0 Å². The molecule has 1 aromatic carbocycles. The van der Waals surface area contributed by atoms with Crippen molar-refractivity contribution in [1.82, 2.24) is 19.4 Å². The monoisotopic (exact) mass is 342 g/mol. The molecule has 0 N–H and O–H groups in total. The molecule has 0 spiro atoms.